The second-order valence-electron chi connectivity index (χ2n) is 5.85. The summed E-state index contributed by atoms with van der Waals surface area (Å²) in [6, 6.07) is 1.71. The van der Waals surface area contributed by atoms with Crippen LogP contribution in [-0.2, 0) is 6.61 Å². The summed E-state index contributed by atoms with van der Waals surface area (Å²) in [7, 11) is 0. The van der Waals surface area contributed by atoms with Crippen molar-refractivity contribution in [3.8, 4) is 5.75 Å². The minimum absolute atomic E-state index is 0.448. The lowest BCUT2D eigenvalue weighted by atomic mass is 10.2. The van der Waals surface area contributed by atoms with Crippen LogP contribution >= 0.6 is 0 Å². The minimum atomic E-state index is -2.46. The number of nitrogens with one attached hydrogen (secondary N) is 1. The van der Waals surface area contributed by atoms with Crippen LogP contribution in [0.2, 0.25) is 0 Å². The molecule has 1 heterocycles. The number of carbonyl (C=O) groups is 1. The maximum Gasteiger partial charge on any atom is 0.291 e. The minimum Gasteiger partial charge on any atom is -0.479 e. The summed E-state index contributed by atoms with van der Waals surface area (Å²) >= 11 is 0. The molecule has 0 aliphatic heterocycles. The van der Waals surface area contributed by atoms with Crippen molar-refractivity contribution in [2.45, 2.75) is 6.61 Å². The molecule has 0 fully saturated rings. The number of ether oxygens (including phenoxy) is 1. The fraction of sp³-hybridized carbons (Fsp3) is 0.0556. The van der Waals surface area contributed by atoms with Crippen molar-refractivity contribution in [1.29, 1.82) is 0 Å². The third kappa shape index (κ3) is 3.83. The number of rotatable bonds is 5. The smallest absolute Gasteiger partial charge is 0.291 e. The van der Waals surface area contributed by atoms with Crippen molar-refractivity contribution in [2.75, 3.05) is 5.32 Å². The van der Waals surface area contributed by atoms with Gasteiger partial charge in [0.15, 0.2) is 34.8 Å². The van der Waals surface area contributed by atoms with E-state index < -0.39 is 93.6 Å². The van der Waals surface area contributed by atoms with E-state index in [0.717, 1.165) is 12.1 Å². The third-order valence-electron chi connectivity index (χ3n) is 3.86. The molecule has 170 valence electrons. The van der Waals surface area contributed by atoms with Crippen LogP contribution in [0.5, 0.6) is 5.75 Å². The van der Waals surface area contributed by atoms with Crippen LogP contribution in [0, 0.1) is 58.2 Å². The number of halogens is 10. The average molecular weight is 473 g/mol. The van der Waals surface area contributed by atoms with Crippen LogP contribution < -0.4 is 10.1 Å². The summed E-state index contributed by atoms with van der Waals surface area (Å²) in [6.07, 6.45) is 0. The summed E-state index contributed by atoms with van der Waals surface area (Å²) in [4.78, 5) is 12.0. The number of anilines is 1. The molecular formula is C18H5F10NO3. The number of carbonyl (C=O) groups excluding carboxylic acids is 1. The molecule has 0 saturated heterocycles. The predicted octanol–water partition coefficient (Wildman–Crippen LogP) is 5.50. The van der Waals surface area contributed by atoms with Gasteiger partial charge in [-0.05, 0) is 12.1 Å². The Labute approximate surface area is 170 Å². The zero-order valence-electron chi connectivity index (χ0n) is 14.9. The maximum atomic E-state index is 13.6. The van der Waals surface area contributed by atoms with Gasteiger partial charge in [0, 0.05) is 0 Å². The molecule has 0 saturated carbocycles. The van der Waals surface area contributed by atoms with Gasteiger partial charge >= 0.3 is 0 Å². The van der Waals surface area contributed by atoms with Crippen molar-refractivity contribution < 1.29 is 57.9 Å². The van der Waals surface area contributed by atoms with Crippen LogP contribution in [0.4, 0.5) is 49.6 Å². The number of hydrogen-bond donors (Lipinski definition) is 1. The van der Waals surface area contributed by atoms with Gasteiger partial charge < -0.3 is 14.5 Å². The van der Waals surface area contributed by atoms with Crippen LogP contribution in [0.1, 0.15) is 16.3 Å². The van der Waals surface area contributed by atoms with Gasteiger partial charge in [-0.3, -0.25) is 4.79 Å². The van der Waals surface area contributed by atoms with Gasteiger partial charge in [-0.2, -0.15) is 8.78 Å². The lowest BCUT2D eigenvalue weighted by Crippen LogP contribution is -2.16. The van der Waals surface area contributed by atoms with E-state index in [4.69, 9.17) is 4.42 Å². The van der Waals surface area contributed by atoms with E-state index in [0.29, 0.717) is 0 Å². The molecule has 0 aliphatic carbocycles. The Bertz CT molecular complexity index is 1180. The largest absolute Gasteiger partial charge is 0.479 e. The van der Waals surface area contributed by atoms with E-state index in [-0.39, 0.29) is 0 Å². The van der Waals surface area contributed by atoms with E-state index in [2.05, 4.69) is 4.74 Å². The molecule has 2 aromatic carbocycles. The molecule has 0 aliphatic rings. The second kappa shape index (κ2) is 8.43. The van der Waals surface area contributed by atoms with Gasteiger partial charge in [0.2, 0.25) is 34.9 Å². The van der Waals surface area contributed by atoms with Gasteiger partial charge in [-0.25, -0.2) is 35.1 Å². The highest BCUT2D eigenvalue weighted by atomic mass is 19.2. The maximum absolute atomic E-state index is 13.6. The topological polar surface area (TPSA) is 51.5 Å². The van der Waals surface area contributed by atoms with Crippen LogP contribution in [0.15, 0.2) is 16.5 Å². The Morgan fingerprint density at radius 3 is 1.62 bits per heavy atom. The number of hydrogen-bond acceptors (Lipinski definition) is 3. The number of amides is 1. The SMILES string of the molecule is O=C(Nc1c(F)c(F)c(F)c(F)c1F)c1ccc(COc2c(F)c(F)c(F)c(F)c2F)o1. The fourth-order valence-corrected chi connectivity index (χ4v) is 2.32. The summed E-state index contributed by atoms with van der Waals surface area (Å²) in [5.74, 6) is -27.7. The molecule has 1 amide bonds. The van der Waals surface area contributed by atoms with Crippen LogP contribution in [0.25, 0.3) is 0 Å². The van der Waals surface area contributed by atoms with Gasteiger partial charge in [-0.1, -0.05) is 0 Å². The zero-order chi connectivity index (χ0) is 23.9. The Kier molecular flexibility index (Phi) is 6.05. The van der Waals surface area contributed by atoms with Crippen molar-refractivity contribution in [3.63, 3.8) is 0 Å². The molecule has 14 heteroatoms. The van der Waals surface area contributed by atoms with Gasteiger partial charge in [0.05, 0.1) is 0 Å². The molecule has 3 aromatic rings. The van der Waals surface area contributed by atoms with E-state index >= 15 is 0 Å². The van der Waals surface area contributed by atoms with Crippen molar-refractivity contribution in [1.82, 2.24) is 0 Å². The molecule has 3 rings (SSSR count). The van der Waals surface area contributed by atoms with E-state index in [9.17, 15) is 48.7 Å². The lowest BCUT2D eigenvalue weighted by molar-refractivity contribution is 0.0991. The third-order valence-corrected chi connectivity index (χ3v) is 3.86. The Morgan fingerprint density at radius 2 is 1.12 bits per heavy atom. The molecule has 0 bridgehead atoms. The van der Waals surface area contributed by atoms with Crippen molar-refractivity contribution >= 4 is 11.6 Å². The standard InChI is InChI=1S/C18H5F10NO3/c19-6-8(21)12(25)16(13(26)9(6)22)29-18(30)5-2-1-4(32-5)3-31-17-14(27)10(23)7(20)11(24)15(17)28/h1-2H,3H2,(H,29,30). The lowest BCUT2D eigenvalue weighted by Gasteiger charge is -2.09. The molecule has 32 heavy (non-hydrogen) atoms. The normalized spacial score (nSPS) is 11.1. The summed E-state index contributed by atoms with van der Waals surface area (Å²) in [5, 5.41) is 1.40. The Hall–Kier alpha value is -3.71. The number of furan rings is 1. The number of benzene rings is 2. The summed E-state index contributed by atoms with van der Waals surface area (Å²) in [6.45, 7) is -0.978. The zero-order valence-corrected chi connectivity index (χ0v) is 14.9. The highest BCUT2D eigenvalue weighted by Gasteiger charge is 2.29. The highest BCUT2D eigenvalue weighted by molar-refractivity contribution is 6.02. The molecular weight excluding hydrogens is 468 g/mol. The van der Waals surface area contributed by atoms with E-state index in [1.54, 1.807) is 0 Å². The molecule has 0 spiro atoms. The van der Waals surface area contributed by atoms with E-state index in [1.807, 2.05) is 0 Å². The first kappa shape index (κ1) is 23.0. The molecule has 0 atom stereocenters. The average Bonchev–Trinajstić information content (AvgIpc) is 3.25. The predicted molar refractivity (Wildman–Crippen MR) is 83.5 cm³/mol. The first-order valence-corrected chi connectivity index (χ1v) is 8.01. The van der Waals surface area contributed by atoms with Gasteiger partial charge in [-0.15, -0.1) is 0 Å². The second-order valence-corrected chi connectivity index (χ2v) is 5.85. The van der Waals surface area contributed by atoms with Crippen molar-refractivity contribution in [3.05, 3.63) is 81.8 Å². The molecule has 0 unspecified atom stereocenters. The molecule has 4 nitrogen and oxygen atoms in total. The summed E-state index contributed by atoms with van der Waals surface area (Å²) in [5.41, 5.74) is -1.68. The highest BCUT2D eigenvalue weighted by Crippen LogP contribution is 2.30. The van der Waals surface area contributed by atoms with E-state index in [1.165, 1.54) is 5.32 Å². The first-order chi connectivity index (χ1) is 15.0. The van der Waals surface area contributed by atoms with Gasteiger partial charge in [0.1, 0.15) is 18.1 Å². The van der Waals surface area contributed by atoms with Crippen LogP contribution in [0.3, 0.4) is 0 Å². The molecule has 0 radical (unpaired) electrons. The quantitative estimate of drug-likeness (QED) is 0.303. The monoisotopic (exact) mass is 473 g/mol. The Balaban J connectivity index is 1.79. The Morgan fingerprint density at radius 1 is 0.688 bits per heavy atom. The van der Waals surface area contributed by atoms with Gasteiger partial charge in [0.25, 0.3) is 5.91 Å². The summed E-state index contributed by atoms with van der Waals surface area (Å²) < 4.78 is 142. The first-order valence-electron chi connectivity index (χ1n) is 8.01. The molecule has 1 N–H and O–H groups in total. The van der Waals surface area contributed by atoms with Crippen LogP contribution in [-0.4, -0.2) is 5.91 Å². The fourth-order valence-electron chi connectivity index (χ4n) is 2.32. The molecule has 1 aromatic heterocycles. The van der Waals surface area contributed by atoms with Crippen molar-refractivity contribution in [2.24, 2.45) is 0 Å².